The predicted molar refractivity (Wildman–Crippen MR) is 92.7 cm³/mol. The molecule has 0 bridgehead atoms. The lowest BCUT2D eigenvalue weighted by Crippen LogP contribution is -2.27. The zero-order valence-electron chi connectivity index (χ0n) is 13.8. The van der Waals surface area contributed by atoms with Crippen LogP contribution in [0, 0.1) is 0 Å². The van der Waals surface area contributed by atoms with E-state index >= 15 is 0 Å². The Hall–Kier alpha value is -2.82. The Kier molecular flexibility index (Phi) is 4.51. The van der Waals surface area contributed by atoms with Crippen molar-refractivity contribution >= 4 is 17.5 Å². The average Bonchev–Trinajstić information content (AvgIpc) is 2.74. The van der Waals surface area contributed by atoms with Crippen molar-refractivity contribution in [3.05, 3.63) is 59.2 Å². The van der Waals surface area contributed by atoms with Crippen LogP contribution in [0.3, 0.4) is 0 Å². The Morgan fingerprint density at radius 3 is 2.67 bits per heavy atom. The Labute approximate surface area is 141 Å². The molecule has 0 aromatic heterocycles. The highest BCUT2D eigenvalue weighted by Crippen LogP contribution is 2.26. The number of nitrogens with one attached hydrogen (secondary N) is 1. The van der Waals surface area contributed by atoms with Gasteiger partial charge in [-0.15, -0.1) is 0 Å². The Morgan fingerprint density at radius 1 is 1.21 bits per heavy atom. The van der Waals surface area contributed by atoms with Gasteiger partial charge in [-0.25, -0.2) is 0 Å². The number of aryl methyl sites for hydroxylation is 1. The van der Waals surface area contributed by atoms with Crippen molar-refractivity contribution in [3.8, 4) is 5.75 Å². The molecular weight excluding hydrogens is 304 g/mol. The minimum absolute atomic E-state index is 0.106. The van der Waals surface area contributed by atoms with E-state index in [1.165, 1.54) is 5.56 Å². The molecule has 2 amide bonds. The second-order valence-electron chi connectivity index (χ2n) is 5.79. The van der Waals surface area contributed by atoms with E-state index in [9.17, 15) is 9.59 Å². The fourth-order valence-electron chi connectivity index (χ4n) is 2.60. The highest BCUT2D eigenvalue weighted by molar-refractivity contribution is 6.05. The smallest absolute Gasteiger partial charge is 0.257 e. The van der Waals surface area contributed by atoms with Gasteiger partial charge in [0.15, 0.2) is 0 Å². The summed E-state index contributed by atoms with van der Waals surface area (Å²) in [5.41, 5.74) is 2.81. The lowest BCUT2D eigenvalue weighted by Gasteiger charge is -2.13. The van der Waals surface area contributed by atoms with E-state index in [0.717, 1.165) is 6.42 Å². The molecule has 1 heterocycles. The quantitative estimate of drug-likeness (QED) is 0.944. The third-order valence-electron chi connectivity index (χ3n) is 4.12. The molecule has 0 spiro atoms. The molecule has 0 aliphatic carbocycles. The second kappa shape index (κ2) is 6.74. The van der Waals surface area contributed by atoms with Gasteiger partial charge >= 0.3 is 0 Å². The molecule has 3 rings (SSSR count). The molecule has 5 nitrogen and oxygen atoms in total. The third-order valence-corrected chi connectivity index (χ3v) is 4.12. The molecular formula is C19H20N2O3. The van der Waals surface area contributed by atoms with Gasteiger partial charge in [-0.3, -0.25) is 9.59 Å². The number of carbonyl (C=O) groups excluding carboxylic acids is 2. The van der Waals surface area contributed by atoms with Crippen LogP contribution in [0.15, 0.2) is 42.5 Å². The lowest BCUT2D eigenvalue weighted by atomic mass is 10.1. The highest BCUT2D eigenvalue weighted by Gasteiger charge is 2.21. The van der Waals surface area contributed by atoms with Crippen LogP contribution in [0.25, 0.3) is 0 Å². The Bertz CT molecular complexity index is 769. The molecule has 5 heteroatoms. The third kappa shape index (κ3) is 3.25. The van der Waals surface area contributed by atoms with Crippen molar-refractivity contribution in [2.75, 3.05) is 25.5 Å². The van der Waals surface area contributed by atoms with E-state index < -0.39 is 0 Å². The first-order valence-corrected chi connectivity index (χ1v) is 8.01. The summed E-state index contributed by atoms with van der Waals surface area (Å²) in [6, 6.07) is 12.6. The maximum absolute atomic E-state index is 12.4. The number of nitrogens with zero attached hydrogens (tertiary/aromatic N) is 1. The second-order valence-corrected chi connectivity index (χ2v) is 5.79. The molecule has 0 radical (unpaired) electrons. The Balaban J connectivity index is 1.81. The summed E-state index contributed by atoms with van der Waals surface area (Å²) in [6.07, 6.45) is 0.933. The minimum Gasteiger partial charge on any atom is -0.491 e. The molecule has 0 atom stereocenters. The molecule has 1 N–H and O–H groups in total. The zero-order chi connectivity index (χ0) is 17.1. The summed E-state index contributed by atoms with van der Waals surface area (Å²) in [4.78, 5) is 26.3. The fourth-order valence-corrected chi connectivity index (χ4v) is 2.60. The topological polar surface area (TPSA) is 58.6 Å². The van der Waals surface area contributed by atoms with Crippen molar-refractivity contribution in [2.24, 2.45) is 0 Å². The first-order chi connectivity index (χ1) is 11.6. The monoisotopic (exact) mass is 324 g/mol. The molecule has 124 valence electrons. The maximum atomic E-state index is 12.4. The molecule has 0 fully saturated rings. The van der Waals surface area contributed by atoms with E-state index in [0.29, 0.717) is 35.7 Å². The number of fused-ring (bicyclic) bond motifs is 1. The van der Waals surface area contributed by atoms with E-state index in [4.69, 9.17) is 4.74 Å². The summed E-state index contributed by atoms with van der Waals surface area (Å²) in [7, 11) is 1.74. The molecule has 0 saturated carbocycles. The van der Waals surface area contributed by atoms with Crippen LogP contribution in [0.5, 0.6) is 5.75 Å². The van der Waals surface area contributed by atoms with Crippen LogP contribution in [-0.2, 0) is 6.42 Å². The number of likely N-dealkylation sites (N-methyl/N-ethyl adjacent to an activating group) is 1. The molecule has 2 aromatic rings. The normalized spacial score (nSPS) is 13.8. The number of rotatable bonds is 3. The van der Waals surface area contributed by atoms with Gasteiger partial charge in [0.05, 0.1) is 12.1 Å². The van der Waals surface area contributed by atoms with Crippen molar-refractivity contribution in [3.63, 3.8) is 0 Å². The summed E-state index contributed by atoms with van der Waals surface area (Å²) >= 11 is 0. The van der Waals surface area contributed by atoms with Crippen LogP contribution in [0.4, 0.5) is 5.69 Å². The lowest BCUT2D eigenvalue weighted by molar-refractivity contribution is 0.0796. The van der Waals surface area contributed by atoms with Crippen LogP contribution in [0.1, 0.15) is 33.2 Å². The van der Waals surface area contributed by atoms with Crippen LogP contribution in [0.2, 0.25) is 0 Å². The number of carbonyl (C=O) groups is 2. The van der Waals surface area contributed by atoms with Crippen molar-refractivity contribution < 1.29 is 14.3 Å². The maximum Gasteiger partial charge on any atom is 0.257 e. The van der Waals surface area contributed by atoms with Gasteiger partial charge in [-0.05, 0) is 42.3 Å². The number of ether oxygens (including phenoxy) is 1. The largest absolute Gasteiger partial charge is 0.491 e. The van der Waals surface area contributed by atoms with E-state index in [-0.39, 0.29) is 11.8 Å². The van der Waals surface area contributed by atoms with Gasteiger partial charge in [0, 0.05) is 18.3 Å². The van der Waals surface area contributed by atoms with Gasteiger partial charge in [-0.2, -0.15) is 0 Å². The minimum atomic E-state index is -0.201. The molecule has 0 unspecified atom stereocenters. The van der Waals surface area contributed by atoms with Crippen LogP contribution >= 0.6 is 0 Å². The fraction of sp³-hybridized carbons (Fsp3) is 0.263. The van der Waals surface area contributed by atoms with Gasteiger partial charge in [0.25, 0.3) is 11.8 Å². The van der Waals surface area contributed by atoms with Gasteiger partial charge < -0.3 is 15.0 Å². The summed E-state index contributed by atoms with van der Waals surface area (Å²) in [6.45, 7) is 3.07. The first-order valence-electron chi connectivity index (χ1n) is 8.01. The number of hydrogen-bond donors (Lipinski definition) is 1. The standard InChI is InChI=1S/C19H20N2O3/c1-3-13-4-6-14(7-5-13)18(22)20-15-8-9-17-16(12-15)19(23)21(2)10-11-24-17/h4-9,12H,3,10-11H2,1-2H3,(H,20,22). The molecule has 0 saturated heterocycles. The van der Waals surface area contributed by atoms with Crippen molar-refractivity contribution in [2.45, 2.75) is 13.3 Å². The zero-order valence-corrected chi connectivity index (χ0v) is 13.8. The number of anilines is 1. The molecule has 24 heavy (non-hydrogen) atoms. The molecule has 1 aliphatic rings. The molecule has 2 aromatic carbocycles. The van der Waals surface area contributed by atoms with Gasteiger partial charge in [0.2, 0.25) is 0 Å². The van der Waals surface area contributed by atoms with Crippen molar-refractivity contribution in [1.82, 2.24) is 4.90 Å². The van der Waals surface area contributed by atoms with E-state index in [2.05, 4.69) is 12.2 Å². The van der Waals surface area contributed by atoms with Crippen molar-refractivity contribution in [1.29, 1.82) is 0 Å². The number of hydrogen-bond acceptors (Lipinski definition) is 3. The number of benzene rings is 2. The van der Waals surface area contributed by atoms with Gasteiger partial charge in [-0.1, -0.05) is 19.1 Å². The first kappa shape index (κ1) is 16.1. The summed E-state index contributed by atoms with van der Waals surface area (Å²) in [5.74, 6) is 0.244. The van der Waals surface area contributed by atoms with E-state index in [1.54, 1.807) is 42.3 Å². The summed E-state index contributed by atoms with van der Waals surface area (Å²) < 4.78 is 5.58. The SMILES string of the molecule is CCc1ccc(C(=O)Nc2ccc3c(c2)C(=O)N(C)CCO3)cc1. The predicted octanol–water partition coefficient (Wildman–Crippen LogP) is 2.97. The van der Waals surface area contributed by atoms with E-state index in [1.807, 2.05) is 12.1 Å². The number of amides is 2. The van der Waals surface area contributed by atoms with Gasteiger partial charge in [0.1, 0.15) is 12.4 Å². The average molecular weight is 324 g/mol. The van der Waals surface area contributed by atoms with Crippen LogP contribution in [-0.4, -0.2) is 36.9 Å². The summed E-state index contributed by atoms with van der Waals surface area (Å²) in [5, 5.41) is 2.84. The highest BCUT2D eigenvalue weighted by atomic mass is 16.5. The van der Waals surface area contributed by atoms with Crippen LogP contribution < -0.4 is 10.1 Å². The Morgan fingerprint density at radius 2 is 1.96 bits per heavy atom. The molecule has 1 aliphatic heterocycles.